The number of pyridine rings is 1. The highest BCUT2D eigenvalue weighted by Crippen LogP contribution is 2.35. The number of esters is 1. The third-order valence-corrected chi connectivity index (χ3v) is 5.71. The van der Waals surface area contributed by atoms with E-state index in [2.05, 4.69) is 76.9 Å². The number of aromatic nitrogens is 1. The average Bonchev–Trinajstić information content (AvgIpc) is 2.67. The third-order valence-electron chi connectivity index (χ3n) is 5.71. The second-order valence-electron chi connectivity index (χ2n) is 10.1. The van der Waals surface area contributed by atoms with Gasteiger partial charge in [-0.15, -0.1) is 0 Å². The van der Waals surface area contributed by atoms with Crippen molar-refractivity contribution in [2.45, 2.75) is 66.2 Å². The zero-order chi connectivity index (χ0) is 21.2. The van der Waals surface area contributed by atoms with Gasteiger partial charge in [-0.2, -0.15) is 0 Å². The Morgan fingerprint density at radius 3 is 2.14 bits per heavy atom. The zero-order valence-corrected chi connectivity index (χ0v) is 18.6. The number of hydrogen-bond donors (Lipinski definition) is 0. The summed E-state index contributed by atoms with van der Waals surface area (Å²) in [5.74, 6) is 0.291. The van der Waals surface area contributed by atoms with E-state index in [-0.39, 0.29) is 22.7 Å². The fourth-order valence-corrected chi connectivity index (χ4v) is 3.68. The van der Waals surface area contributed by atoms with Crippen molar-refractivity contribution >= 4 is 5.97 Å². The summed E-state index contributed by atoms with van der Waals surface area (Å²) in [5.41, 5.74) is 4.97. The van der Waals surface area contributed by atoms with Crippen molar-refractivity contribution in [2.75, 3.05) is 0 Å². The van der Waals surface area contributed by atoms with E-state index >= 15 is 0 Å². The van der Waals surface area contributed by atoms with E-state index in [4.69, 9.17) is 4.74 Å². The first-order chi connectivity index (χ1) is 13.5. The molecule has 1 unspecified atom stereocenters. The van der Waals surface area contributed by atoms with Crippen LogP contribution in [0.2, 0.25) is 0 Å². The lowest BCUT2D eigenvalue weighted by Gasteiger charge is -2.28. The number of rotatable bonds is 3. The predicted molar refractivity (Wildman–Crippen MR) is 119 cm³/mol. The Bertz CT molecular complexity index is 878. The number of carbonyl (C=O) groups excluding carboxylic acids is 1. The summed E-state index contributed by atoms with van der Waals surface area (Å²) in [6, 6.07) is 12.2. The minimum atomic E-state index is -0.154. The molecule has 3 heteroatoms. The van der Waals surface area contributed by atoms with Crippen LogP contribution in [0.4, 0.5) is 0 Å². The highest BCUT2D eigenvalue weighted by Gasteiger charge is 2.27. The van der Waals surface area contributed by atoms with Crippen LogP contribution in [0.25, 0.3) is 11.3 Å². The van der Waals surface area contributed by atoms with Crippen LogP contribution in [0.15, 0.2) is 54.2 Å². The van der Waals surface area contributed by atoms with Gasteiger partial charge in [0, 0.05) is 5.56 Å². The van der Waals surface area contributed by atoms with Crippen molar-refractivity contribution in [2.24, 2.45) is 11.3 Å². The first-order valence-corrected chi connectivity index (χ1v) is 10.5. The molecule has 0 fully saturated rings. The summed E-state index contributed by atoms with van der Waals surface area (Å²) >= 11 is 0. The smallest absolute Gasteiger partial charge is 0.314 e. The van der Waals surface area contributed by atoms with Crippen LogP contribution in [0.5, 0.6) is 5.75 Å². The maximum absolute atomic E-state index is 12.5. The highest BCUT2D eigenvalue weighted by atomic mass is 16.5. The normalized spacial score (nSPS) is 17.6. The number of benzene rings is 1. The maximum Gasteiger partial charge on any atom is 0.314 e. The molecular weight excluding hydrogens is 358 g/mol. The van der Waals surface area contributed by atoms with Gasteiger partial charge in [0.05, 0.1) is 17.8 Å². The molecule has 3 rings (SSSR count). The molecule has 1 aromatic heterocycles. The number of ether oxygens (including phenoxy) is 1. The van der Waals surface area contributed by atoms with Gasteiger partial charge in [0.1, 0.15) is 5.75 Å². The fourth-order valence-electron chi connectivity index (χ4n) is 3.68. The Kier molecular flexibility index (Phi) is 5.97. The lowest BCUT2D eigenvalue weighted by Crippen LogP contribution is -2.24. The third kappa shape index (κ3) is 5.35. The minimum Gasteiger partial charge on any atom is -0.425 e. The van der Waals surface area contributed by atoms with E-state index in [0.29, 0.717) is 5.75 Å². The number of hydrogen-bond acceptors (Lipinski definition) is 3. The summed E-state index contributed by atoms with van der Waals surface area (Å²) in [5, 5.41) is 0. The number of allylic oxidation sites excluding steroid dienone is 2. The van der Waals surface area contributed by atoms with Gasteiger partial charge in [0.2, 0.25) is 0 Å². The topological polar surface area (TPSA) is 39.2 Å². The van der Waals surface area contributed by atoms with Crippen molar-refractivity contribution in [1.29, 1.82) is 0 Å². The standard InChI is InChI=1S/C26H33NO2/c1-25(2,3)20-11-7-18(8-12-20)23-16-15-22(17-27-23)29-24(28)19-9-13-21(14-10-19)26(4,5)6/h7-8,11-13,15-17,19H,9-10,14H2,1-6H3. The molecule has 0 saturated carbocycles. The van der Waals surface area contributed by atoms with Crippen LogP contribution in [-0.4, -0.2) is 11.0 Å². The summed E-state index contributed by atoms with van der Waals surface area (Å²) in [6.45, 7) is 13.3. The van der Waals surface area contributed by atoms with Crippen LogP contribution in [0, 0.1) is 11.3 Å². The Balaban J connectivity index is 1.62. The molecule has 29 heavy (non-hydrogen) atoms. The molecule has 1 aliphatic rings. The second-order valence-corrected chi connectivity index (χ2v) is 10.1. The summed E-state index contributed by atoms with van der Waals surface area (Å²) in [6.07, 6.45) is 6.44. The van der Waals surface area contributed by atoms with Gasteiger partial charge < -0.3 is 4.74 Å². The summed E-state index contributed by atoms with van der Waals surface area (Å²) in [7, 11) is 0. The first-order valence-electron chi connectivity index (χ1n) is 10.5. The fraction of sp³-hybridized carbons (Fsp3) is 0.462. The molecule has 1 aliphatic carbocycles. The lowest BCUT2D eigenvalue weighted by atomic mass is 9.77. The van der Waals surface area contributed by atoms with Crippen molar-refractivity contribution < 1.29 is 9.53 Å². The molecule has 2 aromatic rings. The molecule has 3 nitrogen and oxygen atoms in total. The molecule has 0 amide bonds. The quantitative estimate of drug-likeness (QED) is 0.430. The number of carbonyl (C=O) groups is 1. The van der Waals surface area contributed by atoms with E-state index < -0.39 is 0 Å². The van der Waals surface area contributed by atoms with Crippen LogP contribution < -0.4 is 4.74 Å². The van der Waals surface area contributed by atoms with Crippen molar-refractivity contribution in [1.82, 2.24) is 4.98 Å². The molecule has 0 N–H and O–H groups in total. The Morgan fingerprint density at radius 1 is 0.966 bits per heavy atom. The SMILES string of the molecule is CC(C)(C)C1=CCC(C(=O)Oc2ccc(-c3ccc(C(C)(C)C)cc3)nc2)CC1. The van der Waals surface area contributed by atoms with E-state index in [0.717, 1.165) is 30.5 Å². The molecule has 1 heterocycles. The van der Waals surface area contributed by atoms with Gasteiger partial charge >= 0.3 is 5.97 Å². The summed E-state index contributed by atoms with van der Waals surface area (Å²) < 4.78 is 5.60. The van der Waals surface area contributed by atoms with Gasteiger partial charge in [0.15, 0.2) is 0 Å². The van der Waals surface area contributed by atoms with Gasteiger partial charge in [0.25, 0.3) is 0 Å². The van der Waals surface area contributed by atoms with Crippen LogP contribution in [0.1, 0.15) is 66.4 Å². The minimum absolute atomic E-state index is 0.0641. The van der Waals surface area contributed by atoms with Crippen molar-refractivity contribution in [3.63, 3.8) is 0 Å². The van der Waals surface area contributed by atoms with Crippen LogP contribution in [-0.2, 0) is 10.2 Å². The molecule has 0 aliphatic heterocycles. The predicted octanol–water partition coefficient (Wildman–Crippen LogP) is 6.72. The molecule has 0 bridgehead atoms. The second kappa shape index (κ2) is 8.14. The van der Waals surface area contributed by atoms with Crippen molar-refractivity contribution in [3.8, 4) is 17.0 Å². The van der Waals surface area contributed by atoms with Crippen LogP contribution >= 0.6 is 0 Å². The zero-order valence-electron chi connectivity index (χ0n) is 18.6. The largest absolute Gasteiger partial charge is 0.425 e. The average molecular weight is 392 g/mol. The van der Waals surface area contributed by atoms with Gasteiger partial charge in [-0.25, -0.2) is 0 Å². The Hall–Kier alpha value is -2.42. The maximum atomic E-state index is 12.5. The van der Waals surface area contributed by atoms with Crippen molar-refractivity contribution in [3.05, 3.63) is 59.8 Å². The Labute approximate surface area is 175 Å². The van der Waals surface area contributed by atoms with E-state index in [1.54, 1.807) is 6.20 Å². The number of nitrogens with zero attached hydrogens (tertiary/aromatic N) is 1. The van der Waals surface area contributed by atoms with E-state index in [9.17, 15) is 4.79 Å². The van der Waals surface area contributed by atoms with Gasteiger partial charge in [-0.1, -0.05) is 77.5 Å². The molecular formula is C26H33NO2. The molecule has 1 aromatic carbocycles. The molecule has 1 atom stereocenters. The lowest BCUT2D eigenvalue weighted by molar-refractivity contribution is -0.139. The molecule has 0 radical (unpaired) electrons. The summed E-state index contributed by atoms with van der Waals surface area (Å²) in [4.78, 5) is 17.0. The molecule has 154 valence electrons. The first kappa shape index (κ1) is 21.3. The molecule has 0 saturated heterocycles. The van der Waals surface area contributed by atoms with E-state index in [1.165, 1.54) is 11.1 Å². The van der Waals surface area contributed by atoms with Gasteiger partial charge in [-0.05, 0) is 47.8 Å². The Morgan fingerprint density at radius 2 is 1.66 bits per heavy atom. The van der Waals surface area contributed by atoms with E-state index in [1.807, 2.05) is 12.1 Å². The van der Waals surface area contributed by atoms with Crippen LogP contribution in [0.3, 0.4) is 0 Å². The highest BCUT2D eigenvalue weighted by molar-refractivity contribution is 5.75. The monoisotopic (exact) mass is 391 g/mol. The van der Waals surface area contributed by atoms with Gasteiger partial charge in [-0.3, -0.25) is 9.78 Å². The molecule has 0 spiro atoms.